The molecule has 23 heavy (non-hydrogen) atoms. The quantitative estimate of drug-likeness (QED) is 0.859. The number of thiophene rings is 1. The van der Waals surface area contributed by atoms with Gasteiger partial charge in [-0.1, -0.05) is 12.1 Å². The van der Waals surface area contributed by atoms with Crippen molar-refractivity contribution < 1.29 is 4.79 Å². The van der Waals surface area contributed by atoms with Crippen molar-refractivity contribution in [3.8, 4) is 0 Å². The van der Waals surface area contributed by atoms with Gasteiger partial charge < -0.3 is 9.47 Å². The van der Waals surface area contributed by atoms with Crippen LogP contribution in [0.5, 0.6) is 0 Å². The monoisotopic (exact) mass is 331 g/mol. The second-order valence-electron chi connectivity index (χ2n) is 5.71. The first-order valence-electron chi connectivity index (χ1n) is 7.92. The molecule has 0 radical (unpaired) electrons. The number of nitrogens with zero attached hydrogens (tertiary/aromatic N) is 3. The van der Waals surface area contributed by atoms with Crippen LogP contribution in [-0.2, 0) is 13.1 Å². The van der Waals surface area contributed by atoms with Crippen molar-refractivity contribution in [1.29, 1.82) is 0 Å². The highest BCUT2D eigenvalue weighted by Crippen LogP contribution is 2.14. The van der Waals surface area contributed by atoms with Gasteiger partial charge in [0.25, 0.3) is 11.5 Å². The van der Waals surface area contributed by atoms with Gasteiger partial charge in [-0.15, -0.1) is 11.3 Å². The molecule has 1 aliphatic heterocycles. The summed E-state index contributed by atoms with van der Waals surface area (Å²) in [6, 6.07) is 7.33. The maximum absolute atomic E-state index is 12.3. The van der Waals surface area contributed by atoms with Gasteiger partial charge in [0, 0.05) is 51.5 Å². The molecule has 1 aliphatic rings. The van der Waals surface area contributed by atoms with Crippen LogP contribution in [0.25, 0.3) is 0 Å². The SMILES string of the molecule is CCn1cc(CN2CCN(C(=O)c3cccs3)CC2)ccc1=O. The van der Waals surface area contributed by atoms with Crippen LogP contribution in [0.1, 0.15) is 22.2 Å². The minimum absolute atomic E-state index is 0.0441. The Hall–Kier alpha value is -1.92. The fourth-order valence-corrected chi connectivity index (χ4v) is 3.54. The van der Waals surface area contributed by atoms with E-state index in [0.717, 1.165) is 43.2 Å². The number of rotatable bonds is 4. The van der Waals surface area contributed by atoms with Crippen LogP contribution in [-0.4, -0.2) is 46.5 Å². The number of hydrogen-bond donors (Lipinski definition) is 0. The fourth-order valence-electron chi connectivity index (χ4n) is 2.84. The number of carbonyl (C=O) groups excluding carboxylic acids is 1. The summed E-state index contributed by atoms with van der Waals surface area (Å²) in [5, 5.41) is 1.94. The molecule has 3 rings (SSSR count). The summed E-state index contributed by atoms with van der Waals surface area (Å²) >= 11 is 1.50. The fraction of sp³-hybridized carbons (Fsp3) is 0.412. The molecule has 2 aromatic rings. The van der Waals surface area contributed by atoms with E-state index < -0.39 is 0 Å². The summed E-state index contributed by atoms with van der Waals surface area (Å²) in [5.74, 6) is 0.138. The third-order valence-corrected chi connectivity index (χ3v) is 5.04. The summed E-state index contributed by atoms with van der Waals surface area (Å²) in [5.41, 5.74) is 1.19. The Labute approximate surface area is 139 Å². The highest BCUT2D eigenvalue weighted by Gasteiger charge is 2.22. The lowest BCUT2D eigenvalue weighted by atomic mass is 10.2. The lowest BCUT2D eigenvalue weighted by Crippen LogP contribution is -2.48. The van der Waals surface area contributed by atoms with Crippen molar-refractivity contribution in [2.24, 2.45) is 0 Å². The van der Waals surface area contributed by atoms with Gasteiger partial charge in [-0.3, -0.25) is 14.5 Å². The number of piperazine rings is 1. The Morgan fingerprint density at radius 2 is 1.96 bits per heavy atom. The van der Waals surface area contributed by atoms with Gasteiger partial charge in [0.1, 0.15) is 0 Å². The van der Waals surface area contributed by atoms with E-state index in [4.69, 9.17) is 0 Å². The number of aromatic nitrogens is 1. The molecule has 1 fully saturated rings. The second-order valence-corrected chi connectivity index (χ2v) is 6.65. The van der Waals surface area contributed by atoms with Crippen molar-refractivity contribution >= 4 is 17.2 Å². The molecule has 122 valence electrons. The first-order valence-corrected chi connectivity index (χ1v) is 8.80. The predicted molar refractivity (Wildman–Crippen MR) is 91.9 cm³/mol. The van der Waals surface area contributed by atoms with Gasteiger partial charge in [0.15, 0.2) is 0 Å². The zero-order valence-corrected chi connectivity index (χ0v) is 14.1. The molecular formula is C17H21N3O2S. The van der Waals surface area contributed by atoms with Crippen LogP contribution in [0.15, 0.2) is 40.6 Å². The molecule has 0 unspecified atom stereocenters. The second kappa shape index (κ2) is 7.10. The summed E-state index contributed by atoms with van der Waals surface area (Å²) in [4.78, 5) is 29.0. The molecule has 0 bridgehead atoms. The van der Waals surface area contributed by atoms with Crippen LogP contribution in [0.4, 0.5) is 0 Å². The molecule has 6 heteroatoms. The molecule has 0 N–H and O–H groups in total. The molecule has 0 aromatic carbocycles. The van der Waals surface area contributed by atoms with E-state index in [1.54, 1.807) is 10.6 Å². The van der Waals surface area contributed by atoms with Crippen molar-refractivity contribution in [3.63, 3.8) is 0 Å². The standard InChI is InChI=1S/C17H21N3O2S/c1-2-19-13-14(5-6-16(19)21)12-18-7-9-20(10-8-18)17(22)15-4-3-11-23-15/h3-6,11,13H,2,7-10,12H2,1H3. The maximum atomic E-state index is 12.3. The minimum Gasteiger partial charge on any atom is -0.335 e. The number of amides is 1. The molecule has 1 amide bonds. The zero-order valence-electron chi connectivity index (χ0n) is 13.3. The van der Waals surface area contributed by atoms with E-state index in [1.165, 1.54) is 11.3 Å². The predicted octanol–water partition coefficient (Wildman–Crippen LogP) is 1.89. The molecule has 1 saturated heterocycles. The van der Waals surface area contributed by atoms with Gasteiger partial charge in [-0.2, -0.15) is 0 Å². The first-order chi connectivity index (χ1) is 11.2. The van der Waals surface area contributed by atoms with Crippen molar-refractivity contribution in [2.45, 2.75) is 20.0 Å². The highest BCUT2D eigenvalue weighted by molar-refractivity contribution is 7.12. The maximum Gasteiger partial charge on any atom is 0.264 e. The first kappa shape index (κ1) is 16.0. The Kier molecular flexibility index (Phi) is 4.93. The summed E-state index contributed by atoms with van der Waals surface area (Å²) < 4.78 is 1.73. The smallest absolute Gasteiger partial charge is 0.264 e. The number of carbonyl (C=O) groups is 1. The van der Waals surface area contributed by atoms with Gasteiger partial charge >= 0.3 is 0 Å². The van der Waals surface area contributed by atoms with Crippen LogP contribution in [0.3, 0.4) is 0 Å². The van der Waals surface area contributed by atoms with Gasteiger partial charge in [0.2, 0.25) is 0 Å². The Bertz CT molecular complexity index is 716. The molecule has 0 spiro atoms. The van der Waals surface area contributed by atoms with E-state index in [-0.39, 0.29) is 11.5 Å². The molecular weight excluding hydrogens is 310 g/mol. The lowest BCUT2D eigenvalue weighted by molar-refractivity contribution is 0.0633. The largest absolute Gasteiger partial charge is 0.335 e. The van der Waals surface area contributed by atoms with Crippen molar-refractivity contribution in [2.75, 3.05) is 26.2 Å². The molecule has 0 saturated carbocycles. The van der Waals surface area contributed by atoms with E-state index in [9.17, 15) is 9.59 Å². The van der Waals surface area contributed by atoms with Crippen molar-refractivity contribution in [1.82, 2.24) is 14.4 Å². The van der Waals surface area contributed by atoms with E-state index in [1.807, 2.05) is 41.6 Å². The van der Waals surface area contributed by atoms with Crippen LogP contribution in [0, 0.1) is 0 Å². The van der Waals surface area contributed by atoms with E-state index in [0.29, 0.717) is 6.54 Å². The molecule has 2 aromatic heterocycles. The lowest BCUT2D eigenvalue weighted by Gasteiger charge is -2.34. The minimum atomic E-state index is 0.0441. The van der Waals surface area contributed by atoms with Crippen LogP contribution in [0.2, 0.25) is 0 Å². The van der Waals surface area contributed by atoms with E-state index in [2.05, 4.69) is 4.90 Å². The summed E-state index contributed by atoms with van der Waals surface area (Å²) in [6.45, 7) is 6.72. The highest BCUT2D eigenvalue weighted by atomic mass is 32.1. The topological polar surface area (TPSA) is 45.5 Å². The third kappa shape index (κ3) is 3.71. The average Bonchev–Trinajstić information content (AvgIpc) is 3.11. The van der Waals surface area contributed by atoms with Crippen LogP contribution >= 0.6 is 11.3 Å². The van der Waals surface area contributed by atoms with E-state index >= 15 is 0 Å². The summed E-state index contributed by atoms with van der Waals surface area (Å²) in [7, 11) is 0. The Morgan fingerprint density at radius 3 is 2.61 bits per heavy atom. The van der Waals surface area contributed by atoms with Gasteiger partial charge in [-0.25, -0.2) is 0 Å². The Morgan fingerprint density at radius 1 is 1.17 bits per heavy atom. The molecule has 0 aliphatic carbocycles. The average molecular weight is 331 g/mol. The van der Waals surface area contributed by atoms with Crippen molar-refractivity contribution in [3.05, 3.63) is 56.6 Å². The normalized spacial score (nSPS) is 15.8. The third-order valence-electron chi connectivity index (χ3n) is 4.18. The molecule has 5 nitrogen and oxygen atoms in total. The van der Waals surface area contributed by atoms with Crippen LogP contribution < -0.4 is 5.56 Å². The molecule has 3 heterocycles. The Balaban J connectivity index is 1.57. The zero-order chi connectivity index (χ0) is 16.2. The molecule has 0 atom stereocenters. The van der Waals surface area contributed by atoms with Gasteiger partial charge in [0.05, 0.1) is 4.88 Å². The number of pyridine rings is 1. The number of hydrogen-bond acceptors (Lipinski definition) is 4. The number of aryl methyl sites for hydroxylation is 1. The summed E-state index contributed by atoms with van der Waals surface area (Å²) in [6.07, 6.45) is 1.94. The van der Waals surface area contributed by atoms with Gasteiger partial charge in [-0.05, 0) is 23.9 Å².